The molecule has 102 valence electrons. The highest BCUT2D eigenvalue weighted by molar-refractivity contribution is 7.91. The molecule has 0 atom stereocenters. The van der Waals surface area contributed by atoms with E-state index >= 15 is 0 Å². The lowest BCUT2D eigenvalue weighted by Gasteiger charge is -2.09. The molecule has 2 N–H and O–H groups in total. The molecule has 0 spiro atoms. The summed E-state index contributed by atoms with van der Waals surface area (Å²) >= 11 is 0. The fourth-order valence-corrected chi connectivity index (χ4v) is 2.96. The second-order valence-electron chi connectivity index (χ2n) is 4.18. The molecule has 0 saturated heterocycles. The lowest BCUT2D eigenvalue weighted by Crippen LogP contribution is -2.15. The van der Waals surface area contributed by atoms with Crippen LogP contribution in [-0.2, 0) is 15.8 Å². The number of hydrogen-bond acceptors (Lipinski definition) is 4. The van der Waals surface area contributed by atoms with Crippen LogP contribution < -0.4 is 4.72 Å². The molecule has 0 aromatic heterocycles. The van der Waals surface area contributed by atoms with Gasteiger partial charge >= 0.3 is 0 Å². The highest BCUT2D eigenvalue weighted by Gasteiger charge is 2.14. The lowest BCUT2D eigenvalue weighted by molar-refractivity contribution is 0.475. The Morgan fingerprint density at radius 3 is 2.60 bits per heavy atom. The topological polar surface area (TPSA) is 90.2 Å². The van der Waals surface area contributed by atoms with Crippen molar-refractivity contribution in [2.24, 2.45) is 0 Å². The Morgan fingerprint density at radius 1 is 1.15 bits per heavy atom. The zero-order chi connectivity index (χ0) is 14.6. The van der Waals surface area contributed by atoms with Crippen LogP contribution in [0, 0.1) is 11.3 Å². The Bertz CT molecular complexity index is 764. The quantitative estimate of drug-likeness (QED) is 0.902. The molecule has 2 aromatic carbocycles. The number of phenols is 1. The van der Waals surface area contributed by atoms with Crippen LogP contribution in [0.4, 0.5) is 5.69 Å². The third-order valence-electron chi connectivity index (χ3n) is 2.60. The first-order valence-corrected chi connectivity index (χ1v) is 7.43. The number of rotatable bonds is 4. The van der Waals surface area contributed by atoms with E-state index in [2.05, 4.69) is 4.72 Å². The summed E-state index contributed by atoms with van der Waals surface area (Å²) in [5.41, 5.74) is 1.04. The predicted octanol–water partition coefficient (Wildman–Crippen LogP) is 2.21. The molecule has 0 amide bonds. The predicted molar refractivity (Wildman–Crippen MR) is 75.5 cm³/mol. The molecule has 20 heavy (non-hydrogen) atoms. The average Bonchev–Trinajstić information content (AvgIpc) is 2.38. The Balaban J connectivity index is 2.22. The third kappa shape index (κ3) is 3.49. The number of nitrogens with one attached hydrogen (secondary N) is 1. The maximum atomic E-state index is 12.0. The Kier molecular flexibility index (Phi) is 3.91. The van der Waals surface area contributed by atoms with Crippen LogP contribution in [-0.4, -0.2) is 13.5 Å². The number of phenolic OH excluding ortho intramolecular Hbond substituents is 1. The van der Waals surface area contributed by atoms with Crippen LogP contribution in [0.15, 0.2) is 48.5 Å². The standard InChI is InChI=1S/C14H12N2O3S/c15-9-11-4-1-2-5-12(11)10-20(18,19)16-13-6-3-7-14(17)8-13/h1-8,16-17H,10H2. The molecule has 2 rings (SSSR count). The summed E-state index contributed by atoms with van der Waals surface area (Å²) in [5, 5.41) is 18.2. The fourth-order valence-electron chi connectivity index (χ4n) is 1.75. The normalized spacial score (nSPS) is 10.8. The number of nitrogens with zero attached hydrogens (tertiary/aromatic N) is 1. The first-order valence-electron chi connectivity index (χ1n) is 5.78. The zero-order valence-corrected chi connectivity index (χ0v) is 11.3. The Morgan fingerprint density at radius 2 is 1.90 bits per heavy atom. The molecule has 0 heterocycles. The smallest absolute Gasteiger partial charge is 0.236 e. The van der Waals surface area contributed by atoms with Gasteiger partial charge in [0.2, 0.25) is 10.0 Å². The van der Waals surface area contributed by atoms with E-state index in [1.165, 1.54) is 24.3 Å². The lowest BCUT2D eigenvalue weighted by atomic mass is 10.1. The molecule has 0 aliphatic carbocycles. The molecule has 0 saturated carbocycles. The molecule has 0 bridgehead atoms. The van der Waals surface area contributed by atoms with Crippen molar-refractivity contribution in [2.75, 3.05) is 4.72 Å². The van der Waals surface area contributed by atoms with E-state index in [1.54, 1.807) is 24.3 Å². The third-order valence-corrected chi connectivity index (χ3v) is 3.84. The molecule has 0 radical (unpaired) electrons. The summed E-state index contributed by atoms with van der Waals surface area (Å²) in [7, 11) is -3.65. The monoisotopic (exact) mass is 288 g/mol. The van der Waals surface area contributed by atoms with Crippen molar-refractivity contribution in [1.82, 2.24) is 0 Å². The highest BCUT2D eigenvalue weighted by atomic mass is 32.2. The van der Waals surface area contributed by atoms with Crippen LogP contribution >= 0.6 is 0 Å². The van der Waals surface area contributed by atoms with Gasteiger partial charge in [-0.2, -0.15) is 5.26 Å². The molecule has 5 nitrogen and oxygen atoms in total. The van der Waals surface area contributed by atoms with Gasteiger partial charge in [-0.3, -0.25) is 4.72 Å². The van der Waals surface area contributed by atoms with Gasteiger partial charge in [-0.1, -0.05) is 24.3 Å². The fraction of sp³-hybridized carbons (Fsp3) is 0.0714. The molecular formula is C14H12N2O3S. The molecule has 2 aromatic rings. The first-order chi connectivity index (χ1) is 9.50. The van der Waals surface area contributed by atoms with E-state index < -0.39 is 10.0 Å². The average molecular weight is 288 g/mol. The molecule has 0 unspecified atom stereocenters. The van der Waals surface area contributed by atoms with Crippen molar-refractivity contribution in [1.29, 1.82) is 5.26 Å². The van der Waals surface area contributed by atoms with Crippen molar-refractivity contribution >= 4 is 15.7 Å². The second-order valence-corrected chi connectivity index (χ2v) is 5.90. The van der Waals surface area contributed by atoms with Gasteiger partial charge in [-0.15, -0.1) is 0 Å². The zero-order valence-electron chi connectivity index (χ0n) is 10.4. The minimum atomic E-state index is -3.65. The summed E-state index contributed by atoms with van der Waals surface area (Å²) in [5.74, 6) is -0.325. The van der Waals surface area contributed by atoms with Crippen molar-refractivity contribution in [3.8, 4) is 11.8 Å². The molecular weight excluding hydrogens is 276 g/mol. The van der Waals surface area contributed by atoms with Gasteiger partial charge in [0.15, 0.2) is 0 Å². The number of nitriles is 1. The maximum absolute atomic E-state index is 12.0. The van der Waals surface area contributed by atoms with Crippen LogP contribution in [0.2, 0.25) is 0 Å². The molecule has 0 aliphatic heterocycles. The van der Waals surface area contributed by atoms with Crippen molar-refractivity contribution in [2.45, 2.75) is 5.75 Å². The van der Waals surface area contributed by atoms with Gasteiger partial charge in [0, 0.05) is 6.07 Å². The van der Waals surface area contributed by atoms with E-state index in [0.29, 0.717) is 11.1 Å². The van der Waals surface area contributed by atoms with E-state index in [-0.39, 0.29) is 17.2 Å². The number of anilines is 1. The largest absolute Gasteiger partial charge is 0.508 e. The number of hydrogen-bond donors (Lipinski definition) is 2. The minimum absolute atomic E-state index is 0.0253. The first kappa shape index (κ1) is 13.9. The Labute approximate surface area is 117 Å². The van der Waals surface area contributed by atoms with Crippen molar-refractivity contribution in [3.63, 3.8) is 0 Å². The molecule has 0 aliphatic rings. The number of sulfonamides is 1. The van der Waals surface area contributed by atoms with Gasteiger partial charge < -0.3 is 5.11 Å². The summed E-state index contributed by atoms with van der Waals surface area (Å²) < 4.78 is 26.5. The summed E-state index contributed by atoms with van der Waals surface area (Å²) in [6.07, 6.45) is 0. The summed E-state index contributed by atoms with van der Waals surface area (Å²) in [6.45, 7) is 0. The highest BCUT2D eigenvalue weighted by Crippen LogP contribution is 2.19. The van der Waals surface area contributed by atoms with Gasteiger partial charge in [-0.25, -0.2) is 8.42 Å². The van der Waals surface area contributed by atoms with Crippen molar-refractivity contribution in [3.05, 3.63) is 59.7 Å². The van der Waals surface area contributed by atoms with Crippen LogP contribution in [0.3, 0.4) is 0 Å². The molecule has 6 heteroatoms. The van der Waals surface area contributed by atoms with Gasteiger partial charge in [0.05, 0.1) is 23.1 Å². The Hall–Kier alpha value is -2.52. The minimum Gasteiger partial charge on any atom is -0.508 e. The number of aromatic hydroxyl groups is 1. The second kappa shape index (κ2) is 5.63. The van der Waals surface area contributed by atoms with E-state index in [9.17, 15) is 13.5 Å². The maximum Gasteiger partial charge on any atom is 0.236 e. The van der Waals surface area contributed by atoms with Crippen LogP contribution in [0.1, 0.15) is 11.1 Å². The van der Waals surface area contributed by atoms with Crippen LogP contribution in [0.5, 0.6) is 5.75 Å². The van der Waals surface area contributed by atoms with E-state index in [0.717, 1.165) is 0 Å². The SMILES string of the molecule is N#Cc1ccccc1CS(=O)(=O)Nc1cccc(O)c1. The van der Waals surface area contributed by atoms with E-state index in [4.69, 9.17) is 5.26 Å². The van der Waals surface area contributed by atoms with Gasteiger partial charge in [0.25, 0.3) is 0 Å². The number of benzene rings is 2. The van der Waals surface area contributed by atoms with Crippen molar-refractivity contribution < 1.29 is 13.5 Å². The van der Waals surface area contributed by atoms with Gasteiger partial charge in [0.1, 0.15) is 5.75 Å². The summed E-state index contributed by atoms with van der Waals surface area (Å²) in [6, 6.07) is 14.3. The van der Waals surface area contributed by atoms with Gasteiger partial charge in [-0.05, 0) is 23.8 Å². The van der Waals surface area contributed by atoms with Crippen LogP contribution in [0.25, 0.3) is 0 Å². The molecule has 0 fully saturated rings. The summed E-state index contributed by atoms with van der Waals surface area (Å²) in [4.78, 5) is 0. The van der Waals surface area contributed by atoms with E-state index in [1.807, 2.05) is 6.07 Å².